The second kappa shape index (κ2) is 5.88. The number of hydrogen-bond acceptors (Lipinski definition) is 1. The lowest BCUT2D eigenvalue weighted by Gasteiger charge is -2.24. The van der Waals surface area contributed by atoms with E-state index in [1.54, 1.807) is 0 Å². The maximum atomic E-state index is 6.23. The molecule has 1 aliphatic carbocycles. The highest BCUT2D eigenvalue weighted by atomic mass is 35.5. The van der Waals surface area contributed by atoms with E-state index in [1.165, 1.54) is 31.2 Å². The van der Waals surface area contributed by atoms with Crippen LogP contribution in [0.15, 0.2) is 24.3 Å². The fourth-order valence-corrected chi connectivity index (χ4v) is 2.80. The van der Waals surface area contributed by atoms with Gasteiger partial charge in [0.1, 0.15) is 0 Å². The van der Waals surface area contributed by atoms with E-state index in [4.69, 9.17) is 11.6 Å². The van der Waals surface area contributed by atoms with E-state index >= 15 is 0 Å². The van der Waals surface area contributed by atoms with Crippen LogP contribution in [-0.4, -0.2) is 6.04 Å². The van der Waals surface area contributed by atoms with Gasteiger partial charge in [0.2, 0.25) is 0 Å². The van der Waals surface area contributed by atoms with E-state index in [0.29, 0.717) is 12.1 Å². The molecule has 0 radical (unpaired) electrons. The molecule has 0 aliphatic heterocycles. The van der Waals surface area contributed by atoms with Gasteiger partial charge in [-0.15, -0.1) is 0 Å². The minimum absolute atomic E-state index is 0.348. The van der Waals surface area contributed by atoms with Crippen molar-refractivity contribution in [3.63, 3.8) is 0 Å². The fraction of sp³-hybridized carbons (Fsp3) is 0.600. The molecule has 0 spiro atoms. The number of benzene rings is 1. The monoisotopic (exact) mass is 251 g/mol. The summed E-state index contributed by atoms with van der Waals surface area (Å²) in [6.07, 6.45) is 5.32. The molecule has 1 aliphatic rings. The van der Waals surface area contributed by atoms with Gasteiger partial charge in [-0.2, -0.15) is 0 Å². The van der Waals surface area contributed by atoms with Gasteiger partial charge in [-0.25, -0.2) is 0 Å². The highest BCUT2D eigenvalue weighted by Gasteiger charge is 2.31. The first-order valence-corrected chi connectivity index (χ1v) is 7.10. The summed E-state index contributed by atoms with van der Waals surface area (Å²) in [5, 5.41) is 4.63. The molecular formula is C15H22ClN. The molecular weight excluding hydrogens is 230 g/mol. The number of halogens is 1. The predicted molar refractivity (Wildman–Crippen MR) is 74.4 cm³/mol. The molecule has 0 bridgehead atoms. The Morgan fingerprint density at radius 3 is 2.65 bits per heavy atom. The Kier molecular flexibility index (Phi) is 4.47. The summed E-state index contributed by atoms with van der Waals surface area (Å²) in [5.74, 6) is 0.903. The van der Waals surface area contributed by atoms with Crippen molar-refractivity contribution in [2.24, 2.45) is 5.92 Å². The van der Waals surface area contributed by atoms with Crippen LogP contribution < -0.4 is 5.32 Å². The topological polar surface area (TPSA) is 12.0 Å². The number of rotatable bonds is 6. The molecule has 94 valence electrons. The number of nitrogens with one attached hydrogen (secondary N) is 1. The molecule has 1 N–H and O–H groups in total. The Bertz CT molecular complexity index is 360. The van der Waals surface area contributed by atoms with E-state index in [-0.39, 0.29) is 0 Å². The molecule has 17 heavy (non-hydrogen) atoms. The van der Waals surface area contributed by atoms with Crippen LogP contribution in [0.4, 0.5) is 0 Å². The molecule has 0 aromatic heterocycles. The summed E-state index contributed by atoms with van der Waals surface area (Å²) in [6.45, 7) is 4.48. The Morgan fingerprint density at radius 2 is 2.06 bits per heavy atom. The Labute approximate surface area is 110 Å². The molecule has 0 saturated heterocycles. The predicted octanol–water partition coefficient (Wildman–Crippen LogP) is 4.57. The van der Waals surface area contributed by atoms with Crippen LogP contribution in [0.25, 0.3) is 0 Å². The van der Waals surface area contributed by atoms with Gasteiger partial charge in [-0.3, -0.25) is 0 Å². The Hall–Kier alpha value is -0.530. The van der Waals surface area contributed by atoms with Gasteiger partial charge in [0.05, 0.1) is 0 Å². The summed E-state index contributed by atoms with van der Waals surface area (Å²) in [6, 6.07) is 9.16. The molecule has 1 aromatic carbocycles. The molecule has 2 rings (SSSR count). The van der Waals surface area contributed by atoms with Gasteiger partial charge in [-0.1, -0.05) is 43.1 Å². The van der Waals surface area contributed by atoms with Crippen LogP contribution in [0, 0.1) is 5.92 Å². The van der Waals surface area contributed by atoms with Crippen molar-refractivity contribution in [3.8, 4) is 0 Å². The summed E-state index contributed by atoms with van der Waals surface area (Å²) in [7, 11) is 0. The zero-order valence-corrected chi connectivity index (χ0v) is 11.5. The van der Waals surface area contributed by atoms with E-state index < -0.39 is 0 Å². The normalized spacial score (nSPS) is 19.0. The standard InChI is InChI=1S/C15H22ClN/c1-3-6-15(12-9-10-12)17-11(2)13-7-4-5-8-14(13)16/h4-5,7-8,11-12,15,17H,3,6,9-10H2,1-2H3/t11-,15?/m1/s1. The van der Waals surface area contributed by atoms with Gasteiger partial charge in [0, 0.05) is 17.1 Å². The average Bonchev–Trinajstić information content (AvgIpc) is 3.12. The van der Waals surface area contributed by atoms with Gasteiger partial charge < -0.3 is 5.32 Å². The van der Waals surface area contributed by atoms with Crippen molar-refractivity contribution in [1.29, 1.82) is 0 Å². The van der Waals surface area contributed by atoms with Crippen LogP contribution in [0.1, 0.15) is 51.1 Å². The Balaban J connectivity index is 1.99. The largest absolute Gasteiger partial charge is 0.307 e. The van der Waals surface area contributed by atoms with Gasteiger partial charge in [-0.05, 0) is 43.7 Å². The van der Waals surface area contributed by atoms with E-state index in [2.05, 4.69) is 31.3 Å². The SMILES string of the molecule is CCCC(N[C@H](C)c1ccccc1Cl)C1CC1. The van der Waals surface area contributed by atoms with Gasteiger partial charge >= 0.3 is 0 Å². The lowest BCUT2D eigenvalue weighted by molar-refractivity contribution is 0.390. The zero-order valence-electron chi connectivity index (χ0n) is 10.7. The summed E-state index contributed by atoms with van der Waals surface area (Å²) >= 11 is 6.23. The molecule has 1 unspecified atom stereocenters. The van der Waals surface area contributed by atoms with Gasteiger partial charge in [0.15, 0.2) is 0 Å². The van der Waals surface area contributed by atoms with Gasteiger partial charge in [0.25, 0.3) is 0 Å². The van der Waals surface area contributed by atoms with Crippen LogP contribution in [0.3, 0.4) is 0 Å². The molecule has 2 atom stereocenters. The third-order valence-electron chi connectivity index (χ3n) is 3.63. The summed E-state index contributed by atoms with van der Waals surface area (Å²) in [5.41, 5.74) is 1.22. The molecule has 0 amide bonds. The second-order valence-electron chi connectivity index (χ2n) is 5.14. The first-order chi connectivity index (χ1) is 8.22. The lowest BCUT2D eigenvalue weighted by atomic mass is 10.0. The second-order valence-corrected chi connectivity index (χ2v) is 5.55. The number of hydrogen-bond donors (Lipinski definition) is 1. The van der Waals surface area contributed by atoms with Crippen molar-refractivity contribution in [2.45, 2.75) is 51.6 Å². The molecule has 1 nitrogen and oxygen atoms in total. The van der Waals surface area contributed by atoms with Crippen LogP contribution in [-0.2, 0) is 0 Å². The van der Waals surface area contributed by atoms with Crippen molar-refractivity contribution in [3.05, 3.63) is 34.9 Å². The van der Waals surface area contributed by atoms with Crippen molar-refractivity contribution < 1.29 is 0 Å². The Morgan fingerprint density at radius 1 is 1.35 bits per heavy atom. The van der Waals surface area contributed by atoms with Crippen LogP contribution in [0.2, 0.25) is 5.02 Å². The van der Waals surface area contributed by atoms with Crippen LogP contribution in [0.5, 0.6) is 0 Å². The van der Waals surface area contributed by atoms with Crippen LogP contribution >= 0.6 is 11.6 Å². The maximum absolute atomic E-state index is 6.23. The summed E-state index contributed by atoms with van der Waals surface area (Å²) < 4.78 is 0. The summed E-state index contributed by atoms with van der Waals surface area (Å²) in [4.78, 5) is 0. The molecule has 2 heteroatoms. The third-order valence-corrected chi connectivity index (χ3v) is 3.97. The molecule has 1 fully saturated rings. The minimum atomic E-state index is 0.348. The highest BCUT2D eigenvalue weighted by Crippen LogP contribution is 2.36. The lowest BCUT2D eigenvalue weighted by Crippen LogP contribution is -2.33. The highest BCUT2D eigenvalue weighted by molar-refractivity contribution is 6.31. The maximum Gasteiger partial charge on any atom is 0.0453 e. The zero-order chi connectivity index (χ0) is 12.3. The molecule has 1 aromatic rings. The molecule has 1 saturated carbocycles. The average molecular weight is 252 g/mol. The first kappa shape index (κ1) is 12.9. The third kappa shape index (κ3) is 3.46. The van der Waals surface area contributed by atoms with Crippen molar-refractivity contribution >= 4 is 11.6 Å². The van der Waals surface area contributed by atoms with E-state index in [0.717, 1.165) is 10.9 Å². The quantitative estimate of drug-likeness (QED) is 0.781. The van der Waals surface area contributed by atoms with E-state index in [9.17, 15) is 0 Å². The molecule has 0 heterocycles. The van der Waals surface area contributed by atoms with E-state index in [1.807, 2.05) is 12.1 Å². The smallest absolute Gasteiger partial charge is 0.0453 e. The van der Waals surface area contributed by atoms with Crippen molar-refractivity contribution in [1.82, 2.24) is 5.32 Å². The fourth-order valence-electron chi connectivity index (χ4n) is 2.50. The minimum Gasteiger partial charge on any atom is -0.307 e. The first-order valence-electron chi connectivity index (χ1n) is 6.72. The van der Waals surface area contributed by atoms with Crippen molar-refractivity contribution in [2.75, 3.05) is 0 Å².